The van der Waals surface area contributed by atoms with E-state index in [1.54, 1.807) is 0 Å². The van der Waals surface area contributed by atoms with Crippen molar-refractivity contribution in [2.75, 3.05) is 11.5 Å². The largest absolute Gasteiger partial charge is 0.433 e. The number of nitrogens with one attached hydrogen (secondary N) is 1. The SMILES string of the molecule is N#Cc1c(N)nc2n[nH]c(N)c2c1-c1ccc([N+](=O)[O-])o1. The zero-order valence-corrected chi connectivity index (χ0v) is 10.3. The van der Waals surface area contributed by atoms with Gasteiger partial charge in [-0.3, -0.25) is 15.2 Å². The number of H-pyrrole nitrogens is 1. The van der Waals surface area contributed by atoms with E-state index in [0.717, 1.165) is 0 Å². The average Bonchev–Trinajstić information content (AvgIpc) is 3.05. The van der Waals surface area contributed by atoms with Gasteiger partial charge in [-0.2, -0.15) is 10.4 Å². The Morgan fingerprint density at radius 1 is 1.43 bits per heavy atom. The van der Waals surface area contributed by atoms with Crippen molar-refractivity contribution in [3.63, 3.8) is 0 Å². The van der Waals surface area contributed by atoms with Crippen molar-refractivity contribution in [2.45, 2.75) is 0 Å². The summed E-state index contributed by atoms with van der Waals surface area (Å²) in [5.41, 5.74) is 11.9. The van der Waals surface area contributed by atoms with Crippen molar-refractivity contribution in [2.24, 2.45) is 0 Å². The third-order valence-electron chi connectivity index (χ3n) is 2.89. The molecule has 10 heteroatoms. The van der Waals surface area contributed by atoms with E-state index in [4.69, 9.17) is 15.9 Å². The lowest BCUT2D eigenvalue weighted by Crippen LogP contribution is -1.99. The molecule has 0 atom stereocenters. The van der Waals surface area contributed by atoms with Gasteiger partial charge >= 0.3 is 5.88 Å². The van der Waals surface area contributed by atoms with E-state index in [1.165, 1.54) is 12.1 Å². The number of nitrogen functional groups attached to an aromatic ring is 2. The number of nitro groups is 1. The molecule has 3 heterocycles. The molecule has 3 aromatic rings. The van der Waals surface area contributed by atoms with Gasteiger partial charge in [0, 0.05) is 0 Å². The predicted molar refractivity (Wildman–Crippen MR) is 71.8 cm³/mol. The lowest BCUT2D eigenvalue weighted by molar-refractivity contribution is -0.401. The predicted octanol–water partition coefficient (Wildman–Crippen LogP) is 1.16. The van der Waals surface area contributed by atoms with Crippen LogP contribution in [0.25, 0.3) is 22.4 Å². The summed E-state index contributed by atoms with van der Waals surface area (Å²) in [6.45, 7) is 0. The quantitative estimate of drug-likeness (QED) is 0.464. The molecule has 0 aliphatic carbocycles. The number of hydrogen-bond donors (Lipinski definition) is 3. The van der Waals surface area contributed by atoms with E-state index in [1.807, 2.05) is 6.07 Å². The lowest BCUT2D eigenvalue weighted by atomic mass is 10.0. The van der Waals surface area contributed by atoms with Crippen LogP contribution in [-0.2, 0) is 0 Å². The Labute approximate surface area is 116 Å². The van der Waals surface area contributed by atoms with Crippen LogP contribution in [0.5, 0.6) is 0 Å². The number of hydrogen-bond acceptors (Lipinski definition) is 8. The van der Waals surface area contributed by atoms with Crippen molar-refractivity contribution in [3.8, 4) is 17.4 Å². The molecule has 0 spiro atoms. The Morgan fingerprint density at radius 2 is 2.19 bits per heavy atom. The zero-order valence-electron chi connectivity index (χ0n) is 10.3. The molecule has 0 radical (unpaired) electrons. The molecule has 0 fully saturated rings. The van der Waals surface area contributed by atoms with Crippen molar-refractivity contribution < 1.29 is 9.34 Å². The molecule has 0 bridgehead atoms. The van der Waals surface area contributed by atoms with Crippen LogP contribution in [0.1, 0.15) is 5.56 Å². The number of aromatic amines is 1. The molecule has 104 valence electrons. The van der Waals surface area contributed by atoms with Crippen LogP contribution in [0.15, 0.2) is 16.5 Å². The molecule has 0 amide bonds. The highest BCUT2D eigenvalue weighted by molar-refractivity contribution is 6.02. The van der Waals surface area contributed by atoms with Gasteiger partial charge in [-0.1, -0.05) is 0 Å². The van der Waals surface area contributed by atoms with E-state index in [-0.39, 0.29) is 34.2 Å². The molecular formula is C11H7N7O3. The first kappa shape index (κ1) is 12.4. The van der Waals surface area contributed by atoms with Gasteiger partial charge in [0.2, 0.25) is 0 Å². The molecule has 0 saturated carbocycles. The average molecular weight is 285 g/mol. The molecule has 21 heavy (non-hydrogen) atoms. The first-order valence-corrected chi connectivity index (χ1v) is 5.60. The van der Waals surface area contributed by atoms with Gasteiger partial charge in [-0.25, -0.2) is 4.98 Å². The molecule has 3 aromatic heterocycles. The molecule has 0 aliphatic rings. The van der Waals surface area contributed by atoms with Gasteiger partial charge in [0.1, 0.15) is 34.0 Å². The van der Waals surface area contributed by atoms with Gasteiger partial charge in [-0.15, -0.1) is 0 Å². The second kappa shape index (κ2) is 4.20. The van der Waals surface area contributed by atoms with E-state index < -0.39 is 10.8 Å². The second-order valence-electron chi connectivity index (χ2n) is 4.09. The number of fused-ring (bicyclic) bond motifs is 1. The smallest absolute Gasteiger partial charge is 0.401 e. The molecule has 0 unspecified atom stereocenters. The Morgan fingerprint density at radius 3 is 2.81 bits per heavy atom. The summed E-state index contributed by atoms with van der Waals surface area (Å²) in [5.74, 6) is -0.279. The van der Waals surface area contributed by atoms with Gasteiger partial charge in [0.05, 0.1) is 17.0 Å². The summed E-state index contributed by atoms with van der Waals surface area (Å²) in [5, 5.41) is 26.7. The van der Waals surface area contributed by atoms with Crippen LogP contribution in [0.2, 0.25) is 0 Å². The molecule has 0 aliphatic heterocycles. The summed E-state index contributed by atoms with van der Waals surface area (Å²) in [4.78, 5) is 14.0. The normalized spacial score (nSPS) is 10.6. The monoisotopic (exact) mass is 285 g/mol. The molecule has 5 N–H and O–H groups in total. The van der Waals surface area contributed by atoms with Gasteiger partial charge < -0.3 is 15.9 Å². The fraction of sp³-hybridized carbons (Fsp3) is 0. The number of aromatic nitrogens is 3. The first-order chi connectivity index (χ1) is 10.0. The number of furan rings is 1. The maximum atomic E-state index is 10.7. The Bertz CT molecular complexity index is 918. The fourth-order valence-electron chi connectivity index (χ4n) is 2.02. The minimum Gasteiger partial charge on any atom is -0.401 e. The topological polar surface area (TPSA) is 174 Å². The molecule has 3 rings (SSSR count). The maximum absolute atomic E-state index is 10.7. The van der Waals surface area contributed by atoms with Crippen LogP contribution in [0.3, 0.4) is 0 Å². The fourth-order valence-corrected chi connectivity index (χ4v) is 2.02. The van der Waals surface area contributed by atoms with Crippen molar-refractivity contribution in [1.29, 1.82) is 5.26 Å². The summed E-state index contributed by atoms with van der Waals surface area (Å²) >= 11 is 0. The summed E-state index contributed by atoms with van der Waals surface area (Å²) < 4.78 is 5.13. The number of nitriles is 1. The Hall–Kier alpha value is -3.61. The first-order valence-electron chi connectivity index (χ1n) is 5.60. The number of pyridine rings is 1. The minimum absolute atomic E-state index is 0.0137. The van der Waals surface area contributed by atoms with E-state index >= 15 is 0 Å². The third-order valence-corrected chi connectivity index (χ3v) is 2.89. The van der Waals surface area contributed by atoms with Crippen LogP contribution >= 0.6 is 0 Å². The number of rotatable bonds is 2. The van der Waals surface area contributed by atoms with Crippen molar-refractivity contribution in [3.05, 3.63) is 27.8 Å². The Kier molecular flexibility index (Phi) is 2.49. The highest BCUT2D eigenvalue weighted by Crippen LogP contribution is 2.37. The van der Waals surface area contributed by atoms with Gasteiger partial charge in [-0.05, 0) is 6.07 Å². The zero-order chi connectivity index (χ0) is 15.1. The van der Waals surface area contributed by atoms with Crippen molar-refractivity contribution >= 4 is 28.6 Å². The summed E-state index contributed by atoms with van der Waals surface area (Å²) in [6.07, 6.45) is 0. The van der Waals surface area contributed by atoms with Crippen molar-refractivity contribution in [1.82, 2.24) is 15.2 Å². The van der Waals surface area contributed by atoms with Crippen LogP contribution < -0.4 is 11.5 Å². The van der Waals surface area contributed by atoms with Crippen LogP contribution in [-0.4, -0.2) is 20.1 Å². The standard InChI is InChI=1S/C11H7N7O3/c12-3-4-7(5-1-2-6(21-5)18(19)20)8-10(14)16-17-11(8)15-9(4)13/h1-2H,(H5,13,14,15,16,17). The summed E-state index contributed by atoms with van der Waals surface area (Å²) in [6, 6.07) is 4.43. The van der Waals surface area contributed by atoms with Crippen LogP contribution in [0.4, 0.5) is 17.5 Å². The highest BCUT2D eigenvalue weighted by Gasteiger charge is 2.23. The minimum atomic E-state index is -0.685. The summed E-state index contributed by atoms with van der Waals surface area (Å²) in [7, 11) is 0. The number of anilines is 2. The molecule has 0 aromatic carbocycles. The van der Waals surface area contributed by atoms with E-state index in [9.17, 15) is 15.4 Å². The maximum Gasteiger partial charge on any atom is 0.433 e. The Balaban J connectivity index is 2.41. The second-order valence-corrected chi connectivity index (χ2v) is 4.09. The lowest BCUT2D eigenvalue weighted by Gasteiger charge is -2.05. The van der Waals surface area contributed by atoms with Crippen LogP contribution in [0, 0.1) is 21.4 Å². The van der Waals surface area contributed by atoms with Gasteiger partial charge in [0.15, 0.2) is 5.65 Å². The van der Waals surface area contributed by atoms with E-state index in [2.05, 4.69) is 15.2 Å². The van der Waals surface area contributed by atoms with Gasteiger partial charge in [0.25, 0.3) is 0 Å². The number of nitrogens with two attached hydrogens (primary N) is 2. The number of nitrogens with zero attached hydrogens (tertiary/aromatic N) is 4. The highest BCUT2D eigenvalue weighted by atomic mass is 16.6. The molecule has 10 nitrogen and oxygen atoms in total. The molecular weight excluding hydrogens is 278 g/mol. The third kappa shape index (κ3) is 1.72. The molecule has 0 saturated heterocycles. The van der Waals surface area contributed by atoms with E-state index in [0.29, 0.717) is 5.39 Å².